The summed E-state index contributed by atoms with van der Waals surface area (Å²) in [4.78, 5) is 26.2. The first-order chi connectivity index (χ1) is 8.66. The van der Waals surface area contributed by atoms with Gasteiger partial charge in [0.25, 0.3) is 5.91 Å². The normalized spacial score (nSPS) is 18.6. The number of carbonyl (C=O) groups excluding carboxylic acids is 1. The van der Waals surface area contributed by atoms with Gasteiger partial charge in [0.05, 0.1) is 5.56 Å². The van der Waals surface area contributed by atoms with Gasteiger partial charge in [0.15, 0.2) is 0 Å². The maximum absolute atomic E-state index is 11.8. The van der Waals surface area contributed by atoms with Gasteiger partial charge in [-0.05, 0) is 36.0 Å². The van der Waals surface area contributed by atoms with Gasteiger partial charge in [0.2, 0.25) is 0 Å². The van der Waals surface area contributed by atoms with Crippen molar-refractivity contribution in [1.29, 1.82) is 0 Å². The van der Waals surface area contributed by atoms with Crippen LogP contribution in [-0.4, -0.2) is 40.0 Å². The first-order valence-electron chi connectivity index (χ1n) is 5.72. The molecule has 1 aliphatic rings. The smallest absolute Gasteiger partial charge is 0.337 e. The van der Waals surface area contributed by atoms with Crippen LogP contribution in [0.2, 0.25) is 0 Å². The fourth-order valence-electron chi connectivity index (χ4n) is 1.73. The number of carboxylic acids is 1. The van der Waals surface area contributed by atoms with E-state index in [0.29, 0.717) is 12.5 Å². The molecular weight excluding hydrogens is 252 g/mol. The van der Waals surface area contributed by atoms with Crippen LogP contribution in [0, 0.1) is 5.92 Å². The third-order valence-electron chi connectivity index (χ3n) is 2.82. The topological polar surface area (TPSA) is 79.3 Å². The van der Waals surface area contributed by atoms with Gasteiger partial charge in [0, 0.05) is 12.7 Å². The third-order valence-corrected chi connectivity index (χ3v) is 4.05. The highest BCUT2D eigenvalue weighted by Crippen LogP contribution is 2.22. The fraction of sp³-hybridized carbons (Fsp3) is 0.417. The fourth-order valence-corrected chi connectivity index (χ4v) is 3.01. The molecule has 0 aliphatic carbocycles. The van der Waals surface area contributed by atoms with Crippen LogP contribution >= 0.6 is 11.8 Å². The lowest BCUT2D eigenvalue weighted by Crippen LogP contribution is -2.29. The Bertz CT molecular complexity index is 441. The van der Waals surface area contributed by atoms with Crippen molar-refractivity contribution in [2.24, 2.45) is 5.92 Å². The van der Waals surface area contributed by atoms with Gasteiger partial charge in [-0.25, -0.2) is 4.79 Å². The van der Waals surface area contributed by atoms with Crippen LogP contribution < -0.4 is 5.32 Å². The van der Waals surface area contributed by atoms with Crippen LogP contribution in [0.15, 0.2) is 18.3 Å². The molecule has 1 amide bonds. The zero-order valence-electron chi connectivity index (χ0n) is 9.76. The predicted molar refractivity (Wildman–Crippen MR) is 69.0 cm³/mol. The predicted octanol–water partition coefficient (Wildman–Crippen LogP) is 1.26. The molecule has 0 spiro atoms. The summed E-state index contributed by atoms with van der Waals surface area (Å²) in [5, 5.41) is 11.5. The molecule has 1 aliphatic heterocycles. The number of rotatable bonds is 4. The van der Waals surface area contributed by atoms with E-state index in [1.54, 1.807) is 0 Å². The van der Waals surface area contributed by atoms with Crippen molar-refractivity contribution in [3.63, 3.8) is 0 Å². The number of amides is 1. The molecule has 5 nitrogen and oxygen atoms in total. The molecule has 18 heavy (non-hydrogen) atoms. The number of carbonyl (C=O) groups is 2. The maximum Gasteiger partial charge on any atom is 0.337 e. The highest BCUT2D eigenvalue weighted by molar-refractivity contribution is 7.99. The summed E-state index contributed by atoms with van der Waals surface area (Å²) in [6.45, 7) is 0.661. The Balaban J connectivity index is 1.89. The van der Waals surface area contributed by atoms with Gasteiger partial charge in [-0.15, -0.1) is 0 Å². The molecule has 2 heterocycles. The Morgan fingerprint density at radius 3 is 2.89 bits per heavy atom. The van der Waals surface area contributed by atoms with Gasteiger partial charge in [-0.1, -0.05) is 0 Å². The van der Waals surface area contributed by atoms with E-state index in [1.807, 2.05) is 11.8 Å². The van der Waals surface area contributed by atoms with Crippen LogP contribution in [0.5, 0.6) is 0 Å². The average molecular weight is 266 g/mol. The van der Waals surface area contributed by atoms with Crippen molar-refractivity contribution in [3.05, 3.63) is 29.6 Å². The zero-order valence-corrected chi connectivity index (χ0v) is 10.6. The van der Waals surface area contributed by atoms with E-state index in [1.165, 1.54) is 18.3 Å². The van der Waals surface area contributed by atoms with E-state index >= 15 is 0 Å². The van der Waals surface area contributed by atoms with Gasteiger partial charge in [0.1, 0.15) is 5.69 Å². The number of nitrogens with zero attached hydrogens (tertiary/aromatic N) is 1. The molecule has 1 fully saturated rings. The highest BCUT2D eigenvalue weighted by atomic mass is 32.2. The van der Waals surface area contributed by atoms with E-state index in [-0.39, 0.29) is 17.2 Å². The standard InChI is InChI=1S/C12H14N2O3S/c15-11(14-5-8-3-4-18-7-8)10-2-1-9(6-13-10)12(16)17/h1-2,6,8H,3-5,7H2,(H,14,15)(H,16,17). The average Bonchev–Trinajstić information content (AvgIpc) is 2.89. The van der Waals surface area contributed by atoms with Crippen molar-refractivity contribution in [3.8, 4) is 0 Å². The Kier molecular flexibility index (Phi) is 4.19. The van der Waals surface area contributed by atoms with Crippen LogP contribution in [-0.2, 0) is 0 Å². The summed E-state index contributed by atoms with van der Waals surface area (Å²) >= 11 is 1.90. The van der Waals surface area contributed by atoms with Crippen LogP contribution in [0.3, 0.4) is 0 Å². The van der Waals surface area contributed by atoms with Crippen molar-refractivity contribution in [2.75, 3.05) is 18.1 Å². The quantitative estimate of drug-likeness (QED) is 0.857. The van der Waals surface area contributed by atoms with Gasteiger partial charge < -0.3 is 10.4 Å². The molecule has 0 saturated carbocycles. The minimum Gasteiger partial charge on any atom is -0.478 e. The maximum atomic E-state index is 11.8. The molecule has 0 aromatic carbocycles. The first kappa shape index (κ1) is 12.9. The molecule has 0 bridgehead atoms. The summed E-state index contributed by atoms with van der Waals surface area (Å²) in [5.74, 6) is 1.50. The molecule has 6 heteroatoms. The SMILES string of the molecule is O=C(O)c1ccc(C(=O)NCC2CCSC2)nc1. The number of nitrogens with one attached hydrogen (secondary N) is 1. The number of pyridine rings is 1. The minimum absolute atomic E-state index is 0.0822. The van der Waals surface area contributed by atoms with E-state index in [9.17, 15) is 9.59 Å². The number of hydrogen-bond donors (Lipinski definition) is 2. The molecule has 2 rings (SSSR count). The minimum atomic E-state index is -1.04. The van der Waals surface area contributed by atoms with E-state index in [2.05, 4.69) is 10.3 Å². The van der Waals surface area contributed by atoms with Crippen LogP contribution in [0.4, 0.5) is 0 Å². The number of carboxylic acid groups (broad SMARTS) is 1. The second kappa shape index (κ2) is 5.86. The van der Waals surface area contributed by atoms with Gasteiger partial charge in [-0.2, -0.15) is 11.8 Å². The lowest BCUT2D eigenvalue weighted by atomic mass is 10.1. The van der Waals surface area contributed by atoms with Crippen molar-refractivity contribution >= 4 is 23.6 Å². The zero-order chi connectivity index (χ0) is 13.0. The molecular formula is C12H14N2O3S. The summed E-state index contributed by atoms with van der Waals surface area (Å²) in [6, 6.07) is 2.82. The lowest BCUT2D eigenvalue weighted by molar-refractivity contribution is 0.0695. The number of aromatic nitrogens is 1. The molecule has 2 N–H and O–H groups in total. The largest absolute Gasteiger partial charge is 0.478 e. The Hall–Kier alpha value is -1.56. The highest BCUT2D eigenvalue weighted by Gasteiger charge is 2.17. The molecule has 1 atom stereocenters. The van der Waals surface area contributed by atoms with Gasteiger partial charge >= 0.3 is 5.97 Å². The summed E-state index contributed by atoms with van der Waals surface area (Å²) in [5.41, 5.74) is 0.337. The Morgan fingerprint density at radius 1 is 1.50 bits per heavy atom. The molecule has 1 aromatic heterocycles. The molecule has 0 radical (unpaired) electrons. The summed E-state index contributed by atoms with van der Waals surface area (Å²) in [7, 11) is 0. The molecule has 1 saturated heterocycles. The second-order valence-electron chi connectivity index (χ2n) is 4.18. The lowest BCUT2D eigenvalue weighted by Gasteiger charge is -2.09. The first-order valence-corrected chi connectivity index (χ1v) is 6.87. The summed E-state index contributed by atoms with van der Waals surface area (Å²) in [6.07, 6.45) is 2.33. The van der Waals surface area contributed by atoms with Crippen LogP contribution in [0.25, 0.3) is 0 Å². The van der Waals surface area contributed by atoms with Crippen molar-refractivity contribution in [2.45, 2.75) is 6.42 Å². The van der Waals surface area contributed by atoms with E-state index in [4.69, 9.17) is 5.11 Å². The van der Waals surface area contributed by atoms with E-state index in [0.717, 1.165) is 17.9 Å². The van der Waals surface area contributed by atoms with Crippen LogP contribution in [0.1, 0.15) is 27.3 Å². The van der Waals surface area contributed by atoms with Gasteiger partial charge in [-0.3, -0.25) is 9.78 Å². The molecule has 1 unspecified atom stereocenters. The Labute approximate surface area is 109 Å². The summed E-state index contributed by atoms with van der Waals surface area (Å²) < 4.78 is 0. The third kappa shape index (κ3) is 3.22. The number of hydrogen-bond acceptors (Lipinski definition) is 4. The van der Waals surface area contributed by atoms with Crippen molar-refractivity contribution < 1.29 is 14.7 Å². The number of aromatic carboxylic acids is 1. The second-order valence-corrected chi connectivity index (χ2v) is 5.33. The molecule has 96 valence electrons. The number of thioether (sulfide) groups is 1. The monoisotopic (exact) mass is 266 g/mol. The Morgan fingerprint density at radius 2 is 2.33 bits per heavy atom. The van der Waals surface area contributed by atoms with E-state index < -0.39 is 5.97 Å². The van der Waals surface area contributed by atoms with Crippen molar-refractivity contribution in [1.82, 2.24) is 10.3 Å². The molecule has 1 aromatic rings.